The van der Waals surface area contributed by atoms with Gasteiger partial charge in [0.25, 0.3) is 0 Å². The summed E-state index contributed by atoms with van der Waals surface area (Å²) in [5.74, 6) is 1.63. The maximum atomic E-state index is 10.2. The van der Waals surface area contributed by atoms with Crippen molar-refractivity contribution >= 4 is 5.96 Å². The lowest BCUT2D eigenvalue weighted by Crippen LogP contribution is -2.50. The normalized spacial score (nSPS) is 16.5. The molecule has 128 valence electrons. The number of aliphatic imine (C=N–C) groups is 1. The minimum absolute atomic E-state index is 0.539. The molecule has 0 atom stereocenters. The van der Waals surface area contributed by atoms with Crippen LogP contribution in [0.1, 0.15) is 25.1 Å². The first kappa shape index (κ1) is 16.5. The van der Waals surface area contributed by atoms with Gasteiger partial charge in [-0.3, -0.25) is 4.99 Å². The Labute approximate surface area is 142 Å². The Morgan fingerprint density at radius 2 is 2.12 bits per heavy atom. The van der Waals surface area contributed by atoms with Gasteiger partial charge in [0.15, 0.2) is 5.96 Å². The van der Waals surface area contributed by atoms with Gasteiger partial charge in [0.2, 0.25) is 0 Å². The number of aliphatic hydroxyl groups is 1. The molecule has 3 N–H and O–H groups in total. The molecular formula is C18H25N5O. The van der Waals surface area contributed by atoms with Crippen LogP contribution in [0.2, 0.25) is 0 Å². The van der Waals surface area contributed by atoms with Gasteiger partial charge in [-0.15, -0.1) is 0 Å². The zero-order chi connectivity index (χ0) is 17.0. The molecule has 1 heterocycles. The molecule has 0 unspecified atom stereocenters. The number of hydrogen-bond donors (Lipinski definition) is 3. The number of H-pyrrole nitrogens is 1. The van der Waals surface area contributed by atoms with Crippen molar-refractivity contribution in [3.05, 3.63) is 42.4 Å². The summed E-state index contributed by atoms with van der Waals surface area (Å²) in [5.41, 5.74) is 1.56. The topological polar surface area (TPSA) is 76.5 Å². The zero-order valence-corrected chi connectivity index (χ0v) is 14.3. The monoisotopic (exact) mass is 327 g/mol. The summed E-state index contributed by atoms with van der Waals surface area (Å²) < 4.78 is 0. The molecule has 1 fully saturated rings. The van der Waals surface area contributed by atoms with E-state index in [9.17, 15) is 5.11 Å². The van der Waals surface area contributed by atoms with E-state index in [1.807, 2.05) is 36.3 Å². The van der Waals surface area contributed by atoms with Gasteiger partial charge in [-0.05, 0) is 24.8 Å². The summed E-state index contributed by atoms with van der Waals surface area (Å²) in [6.07, 6.45) is 4.67. The summed E-state index contributed by atoms with van der Waals surface area (Å²) >= 11 is 0. The van der Waals surface area contributed by atoms with Crippen molar-refractivity contribution in [3.63, 3.8) is 0 Å². The molecule has 6 heteroatoms. The zero-order valence-electron chi connectivity index (χ0n) is 14.3. The van der Waals surface area contributed by atoms with Gasteiger partial charge in [0.1, 0.15) is 5.82 Å². The van der Waals surface area contributed by atoms with E-state index in [2.05, 4.69) is 32.4 Å². The van der Waals surface area contributed by atoms with Crippen LogP contribution >= 0.6 is 0 Å². The van der Waals surface area contributed by atoms with Crippen LogP contribution in [0.3, 0.4) is 0 Å². The predicted molar refractivity (Wildman–Crippen MR) is 95.7 cm³/mol. The molecule has 24 heavy (non-hydrogen) atoms. The van der Waals surface area contributed by atoms with Gasteiger partial charge in [0.05, 0.1) is 24.0 Å². The molecule has 1 aromatic heterocycles. The standard InChI is InChI=1S/C18H25N5O/c1-19-17(21-13-18(24)9-6-10-18)23(2)12-16-20-11-15(22-16)14-7-4-3-5-8-14/h3-5,7-8,11,24H,6,9-10,12-13H2,1-2H3,(H,19,21)(H,20,22). The van der Waals surface area contributed by atoms with Gasteiger partial charge >= 0.3 is 0 Å². The van der Waals surface area contributed by atoms with E-state index in [-0.39, 0.29) is 0 Å². The first-order chi connectivity index (χ1) is 11.6. The second-order valence-electron chi connectivity index (χ2n) is 6.44. The number of aromatic nitrogens is 2. The molecule has 0 amide bonds. The number of guanidine groups is 1. The third-order valence-electron chi connectivity index (χ3n) is 4.53. The molecule has 6 nitrogen and oxygen atoms in total. The van der Waals surface area contributed by atoms with Crippen LogP contribution in [-0.2, 0) is 6.54 Å². The average molecular weight is 327 g/mol. The Hall–Kier alpha value is -2.34. The maximum Gasteiger partial charge on any atom is 0.193 e. The number of benzene rings is 1. The molecule has 0 bridgehead atoms. The van der Waals surface area contributed by atoms with Crippen LogP contribution in [0.15, 0.2) is 41.5 Å². The van der Waals surface area contributed by atoms with Crippen LogP contribution in [0.25, 0.3) is 11.3 Å². The van der Waals surface area contributed by atoms with Crippen LogP contribution in [0, 0.1) is 0 Å². The highest BCUT2D eigenvalue weighted by molar-refractivity contribution is 5.79. The van der Waals surface area contributed by atoms with Crippen LogP contribution in [-0.4, -0.2) is 52.2 Å². The Kier molecular flexibility index (Phi) is 4.85. The number of aromatic amines is 1. The largest absolute Gasteiger partial charge is 0.388 e. The highest BCUT2D eigenvalue weighted by Crippen LogP contribution is 2.30. The third-order valence-corrected chi connectivity index (χ3v) is 4.53. The minimum Gasteiger partial charge on any atom is -0.388 e. The van der Waals surface area contributed by atoms with Crippen LogP contribution in [0.4, 0.5) is 0 Å². The Bertz CT molecular complexity index is 690. The van der Waals surface area contributed by atoms with E-state index in [1.165, 1.54) is 0 Å². The van der Waals surface area contributed by atoms with Gasteiger partial charge in [0, 0.05) is 20.6 Å². The second-order valence-corrected chi connectivity index (χ2v) is 6.44. The molecule has 2 aromatic rings. The fourth-order valence-corrected chi connectivity index (χ4v) is 2.90. The van der Waals surface area contributed by atoms with E-state index >= 15 is 0 Å². The van der Waals surface area contributed by atoms with E-state index in [1.54, 1.807) is 7.05 Å². The van der Waals surface area contributed by atoms with Crippen molar-refractivity contribution in [2.75, 3.05) is 20.6 Å². The summed E-state index contributed by atoms with van der Waals surface area (Å²) in [6, 6.07) is 10.1. The first-order valence-corrected chi connectivity index (χ1v) is 8.33. The van der Waals surface area contributed by atoms with E-state index in [0.717, 1.165) is 42.3 Å². The van der Waals surface area contributed by atoms with E-state index in [4.69, 9.17) is 0 Å². The van der Waals surface area contributed by atoms with Gasteiger partial charge in [-0.1, -0.05) is 30.3 Å². The third kappa shape index (κ3) is 3.76. The van der Waals surface area contributed by atoms with Crippen molar-refractivity contribution < 1.29 is 5.11 Å². The molecule has 0 saturated heterocycles. The van der Waals surface area contributed by atoms with Gasteiger partial charge in [-0.25, -0.2) is 4.98 Å². The maximum absolute atomic E-state index is 10.2. The molecule has 1 saturated carbocycles. The highest BCUT2D eigenvalue weighted by Gasteiger charge is 2.34. The number of hydrogen-bond acceptors (Lipinski definition) is 3. The SMILES string of the molecule is CN=C(NCC1(O)CCC1)N(C)Cc1ncc(-c2ccccc2)[nH]1. The fraction of sp³-hybridized carbons (Fsp3) is 0.444. The molecule has 3 rings (SSSR count). The highest BCUT2D eigenvalue weighted by atomic mass is 16.3. The number of imidazole rings is 1. The molecule has 1 aliphatic carbocycles. The minimum atomic E-state index is -0.568. The van der Waals surface area contributed by atoms with Crippen LogP contribution in [0.5, 0.6) is 0 Å². The molecule has 0 aliphatic heterocycles. The predicted octanol–water partition coefficient (Wildman–Crippen LogP) is 2.00. The summed E-state index contributed by atoms with van der Waals surface area (Å²) in [6.45, 7) is 1.16. The van der Waals surface area contributed by atoms with Crippen LogP contribution < -0.4 is 5.32 Å². The lowest BCUT2D eigenvalue weighted by atomic mass is 9.80. The van der Waals surface area contributed by atoms with E-state index < -0.39 is 5.60 Å². The molecule has 1 aliphatic rings. The molecule has 0 radical (unpaired) electrons. The Morgan fingerprint density at radius 1 is 1.38 bits per heavy atom. The number of nitrogens with one attached hydrogen (secondary N) is 2. The van der Waals surface area contributed by atoms with Crippen molar-refractivity contribution in [1.82, 2.24) is 20.2 Å². The second kappa shape index (κ2) is 7.05. The Balaban J connectivity index is 1.59. The molecular weight excluding hydrogens is 302 g/mol. The van der Waals surface area contributed by atoms with Crippen molar-refractivity contribution in [3.8, 4) is 11.3 Å². The quantitative estimate of drug-likeness (QED) is 0.580. The van der Waals surface area contributed by atoms with Gasteiger partial charge < -0.3 is 20.3 Å². The fourth-order valence-electron chi connectivity index (χ4n) is 2.90. The van der Waals surface area contributed by atoms with Crippen molar-refractivity contribution in [2.24, 2.45) is 4.99 Å². The lowest BCUT2D eigenvalue weighted by Gasteiger charge is -2.37. The lowest BCUT2D eigenvalue weighted by molar-refractivity contribution is -0.0282. The average Bonchev–Trinajstić information content (AvgIpc) is 3.03. The summed E-state index contributed by atoms with van der Waals surface area (Å²) in [5, 5.41) is 13.5. The van der Waals surface area contributed by atoms with Gasteiger partial charge in [-0.2, -0.15) is 0 Å². The number of nitrogens with zero attached hydrogens (tertiary/aromatic N) is 3. The molecule has 0 spiro atoms. The molecule has 1 aromatic carbocycles. The Morgan fingerprint density at radius 3 is 2.75 bits per heavy atom. The van der Waals surface area contributed by atoms with Crippen molar-refractivity contribution in [2.45, 2.75) is 31.4 Å². The summed E-state index contributed by atoms with van der Waals surface area (Å²) in [4.78, 5) is 14.1. The number of rotatable bonds is 5. The first-order valence-electron chi connectivity index (χ1n) is 8.33. The van der Waals surface area contributed by atoms with E-state index in [0.29, 0.717) is 13.1 Å². The summed E-state index contributed by atoms with van der Waals surface area (Å²) in [7, 11) is 3.71. The van der Waals surface area contributed by atoms with Crippen molar-refractivity contribution in [1.29, 1.82) is 0 Å². The smallest absolute Gasteiger partial charge is 0.193 e.